The first-order valence-corrected chi connectivity index (χ1v) is 3.57. The smallest absolute Gasteiger partial charge is 0.0779 e. The van der Waals surface area contributed by atoms with Crippen molar-refractivity contribution >= 4 is 0 Å². The summed E-state index contributed by atoms with van der Waals surface area (Å²) >= 11 is 0. The lowest BCUT2D eigenvalue weighted by atomic mass is 9.98. The van der Waals surface area contributed by atoms with Crippen molar-refractivity contribution < 1.29 is 5.11 Å². The third-order valence-corrected chi connectivity index (χ3v) is 2.02. The van der Waals surface area contributed by atoms with Gasteiger partial charge in [-0.25, -0.2) is 5.43 Å². The molecule has 3 atom stereocenters. The Kier molecular flexibility index (Phi) is 2.29. The molecule has 0 fully saturated rings. The standard InChI is InChI=1S/C7H14N2O/c1-5-6(2)9-8-4-3-7(5)10/h3-10H,1-2H3/t5-,6+,7?/m0/s1. The molecule has 3 N–H and O–H groups in total. The van der Waals surface area contributed by atoms with Crippen molar-refractivity contribution in [3.8, 4) is 0 Å². The van der Waals surface area contributed by atoms with Gasteiger partial charge in [0.2, 0.25) is 0 Å². The van der Waals surface area contributed by atoms with Gasteiger partial charge in [0, 0.05) is 18.2 Å². The maximum atomic E-state index is 9.36. The lowest BCUT2D eigenvalue weighted by molar-refractivity contribution is 0.142. The van der Waals surface area contributed by atoms with Crippen molar-refractivity contribution in [3.05, 3.63) is 12.3 Å². The van der Waals surface area contributed by atoms with Crippen LogP contribution in [0.25, 0.3) is 0 Å². The highest BCUT2D eigenvalue weighted by Gasteiger charge is 2.19. The third-order valence-electron chi connectivity index (χ3n) is 2.02. The third kappa shape index (κ3) is 1.49. The SMILES string of the molecule is C[C@@H]1C(O)C=CNN[C@@H]1C. The van der Waals surface area contributed by atoms with Crippen molar-refractivity contribution in [2.45, 2.75) is 26.0 Å². The summed E-state index contributed by atoms with van der Waals surface area (Å²) in [5.74, 6) is 0.256. The summed E-state index contributed by atoms with van der Waals surface area (Å²) < 4.78 is 0. The summed E-state index contributed by atoms with van der Waals surface area (Å²) in [6, 6.07) is 0.296. The number of aliphatic hydroxyl groups excluding tert-OH is 1. The molecule has 1 aliphatic heterocycles. The lowest BCUT2D eigenvalue weighted by Gasteiger charge is -2.20. The van der Waals surface area contributed by atoms with Crippen LogP contribution in [0.2, 0.25) is 0 Å². The number of hydrazine groups is 1. The number of hydrogen-bond acceptors (Lipinski definition) is 3. The van der Waals surface area contributed by atoms with E-state index in [9.17, 15) is 5.11 Å². The molecule has 0 saturated heterocycles. The Balaban J connectivity index is 2.57. The molecule has 10 heavy (non-hydrogen) atoms. The molecule has 0 saturated carbocycles. The predicted octanol–water partition coefficient (Wildman–Crippen LogP) is -0.00660. The van der Waals surface area contributed by atoms with Crippen LogP contribution in [-0.4, -0.2) is 17.3 Å². The maximum Gasteiger partial charge on any atom is 0.0779 e. The minimum atomic E-state index is -0.336. The Morgan fingerprint density at radius 3 is 2.80 bits per heavy atom. The maximum absolute atomic E-state index is 9.36. The second kappa shape index (κ2) is 3.03. The molecule has 0 aromatic carbocycles. The van der Waals surface area contributed by atoms with Crippen LogP contribution in [0.3, 0.4) is 0 Å². The zero-order valence-corrected chi connectivity index (χ0v) is 6.33. The van der Waals surface area contributed by atoms with Crippen LogP contribution in [0, 0.1) is 5.92 Å². The molecule has 58 valence electrons. The minimum absolute atomic E-state index is 0.256. The van der Waals surface area contributed by atoms with Gasteiger partial charge < -0.3 is 10.5 Å². The molecule has 3 nitrogen and oxygen atoms in total. The fourth-order valence-electron chi connectivity index (χ4n) is 0.929. The Morgan fingerprint density at radius 2 is 2.10 bits per heavy atom. The molecule has 0 aromatic heterocycles. The molecule has 1 heterocycles. The van der Waals surface area contributed by atoms with Crippen LogP contribution in [-0.2, 0) is 0 Å². The van der Waals surface area contributed by atoms with Crippen LogP contribution >= 0.6 is 0 Å². The summed E-state index contributed by atoms with van der Waals surface area (Å²) in [6.45, 7) is 4.05. The van der Waals surface area contributed by atoms with E-state index in [1.165, 1.54) is 0 Å². The first-order chi connectivity index (χ1) is 4.72. The average Bonchev–Trinajstić information content (AvgIpc) is 2.04. The molecule has 0 radical (unpaired) electrons. The second-order valence-corrected chi connectivity index (χ2v) is 2.79. The lowest BCUT2D eigenvalue weighted by Crippen LogP contribution is -2.40. The van der Waals surface area contributed by atoms with Gasteiger partial charge in [-0.15, -0.1) is 0 Å². The first-order valence-electron chi connectivity index (χ1n) is 3.57. The minimum Gasteiger partial charge on any atom is -0.389 e. The van der Waals surface area contributed by atoms with Gasteiger partial charge in [-0.2, -0.15) is 0 Å². The topological polar surface area (TPSA) is 44.3 Å². The quantitative estimate of drug-likeness (QED) is 0.446. The number of nitrogens with one attached hydrogen (secondary N) is 2. The zero-order chi connectivity index (χ0) is 7.56. The molecule has 1 aliphatic rings. The van der Waals surface area contributed by atoms with Gasteiger partial charge in [0.05, 0.1) is 6.10 Å². The Hall–Kier alpha value is -0.540. The molecule has 0 spiro atoms. The van der Waals surface area contributed by atoms with E-state index in [0.29, 0.717) is 6.04 Å². The number of rotatable bonds is 0. The van der Waals surface area contributed by atoms with Gasteiger partial charge in [-0.1, -0.05) is 6.92 Å². The molecular formula is C7H14N2O. The van der Waals surface area contributed by atoms with Gasteiger partial charge in [0.15, 0.2) is 0 Å². The van der Waals surface area contributed by atoms with Gasteiger partial charge in [-0.3, -0.25) is 0 Å². The van der Waals surface area contributed by atoms with Crippen molar-refractivity contribution in [2.75, 3.05) is 0 Å². The van der Waals surface area contributed by atoms with Crippen molar-refractivity contribution in [3.63, 3.8) is 0 Å². The van der Waals surface area contributed by atoms with Gasteiger partial charge >= 0.3 is 0 Å². The molecular weight excluding hydrogens is 128 g/mol. The molecule has 0 aliphatic carbocycles. The summed E-state index contributed by atoms with van der Waals surface area (Å²) in [7, 11) is 0. The van der Waals surface area contributed by atoms with Crippen LogP contribution in [0.1, 0.15) is 13.8 Å². The fraction of sp³-hybridized carbons (Fsp3) is 0.714. The van der Waals surface area contributed by atoms with Gasteiger partial charge in [0.25, 0.3) is 0 Å². The Morgan fingerprint density at radius 1 is 1.40 bits per heavy atom. The molecule has 1 rings (SSSR count). The van der Waals surface area contributed by atoms with E-state index < -0.39 is 0 Å². The fourth-order valence-corrected chi connectivity index (χ4v) is 0.929. The highest BCUT2D eigenvalue weighted by Crippen LogP contribution is 2.10. The Bertz CT molecular complexity index is 136. The van der Waals surface area contributed by atoms with E-state index in [2.05, 4.69) is 10.9 Å². The number of hydrogen-bond donors (Lipinski definition) is 3. The van der Waals surface area contributed by atoms with E-state index in [4.69, 9.17) is 0 Å². The van der Waals surface area contributed by atoms with Crippen LogP contribution < -0.4 is 10.9 Å². The summed E-state index contributed by atoms with van der Waals surface area (Å²) in [5.41, 5.74) is 5.90. The average molecular weight is 142 g/mol. The van der Waals surface area contributed by atoms with Crippen LogP contribution in [0.15, 0.2) is 12.3 Å². The normalized spacial score (nSPS) is 40.5. The van der Waals surface area contributed by atoms with Gasteiger partial charge in [0.1, 0.15) is 0 Å². The van der Waals surface area contributed by atoms with Crippen LogP contribution in [0.5, 0.6) is 0 Å². The van der Waals surface area contributed by atoms with Crippen molar-refractivity contribution in [1.29, 1.82) is 0 Å². The predicted molar refractivity (Wildman–Crippen MR) is 40.0 cm³/mol. The summed E-state index contributed by atoms with van der Waals surface area (Å²) in [6.07, 6.45) is 3.14. The van der Waals surface area contributed by atoms with E-state index in [-0.39, 0.29) is 12.0 Å². The van der Waals surface area contributed by atoms with Crippen molar-refractivity contribution in [1.82, 2.24) is 10.9 Å². The Labute approximate surface area is 61.1 Å². The summed E-state index contributed by atoms with van der Waals surface area (Å²) in [5, 5.41) is 9.36. The molecule has 1 unspecified atom stereocenters. The van der Waals surface area contributed by atoms with E-state index in [1.54, 1.807) is 12.3 Å². The van der Waals surface area contributed by atoms with E-state index >= 15 is 0 Å². The molecule has 0 aromatic rings. The first kappa shape index (κ1) is 7.57. The monoisotopic (exact) mass is 142 g/mol. The summed E-state index contributed by atoms with van der Waals surface area (Å²) in [4.78, 5) is 0. The second-order valence-electron chi connectivity index (χ2n) is 2.79. The van der Waals surface area contributed by atoms with Crippen molar-refractivity contribution in [2.24, 2.45) is 5.92 Å². The highest BCUT2D eigenvalue weighted by atomic mass is 16.3. The largest absolute Gasteiger partial charge is 0.389 e. The molecule has 0 amide bonds. The molecule has 0 bridgehead atoms. The molecule has 3 heteroatoms. The highest BCUT2D eigenvalue weighted by molar-refractivity contribution is 4.94. The van der Waals surface area contributed by atoms with Crippen LogP contribution in [0.4, 0.5) is 0 Å². The zero-order valence-electron chi connectivity index (χ0n) is 6.33. The van der Waals surface area contributed by atoms with E-state index in [1.807, 2.05) is 13.8 Å². The van der Waals surface area contributed by atoms with Gasteiger partial charge in [-0.05, 0) is 13.0 Å². The van der Waals surface area contributed by atoms with E-state index in [0.717, 1.165) is 0 Å². The number of aliphatic hydroxyl groups is 1.